The number of aryl methyl sites for hydroxylation is 1. The van der Waals surface area contributed by atoms with E-state index < -0.39 is 17.6 Å². The van der Waals surface area contributed by atoms with Crippen LogP contribution in [0.2, 0.25) is 0 Å². The Morgan fingerprint density at radius 2 is 1.86 bits per heavy atom. The summed E-state index contributed by atoms with van der Waals surface area (Å²) in [5.41, 5.74) is -0.782. The summed E-state index contributed by atoms with van der Waals surface area (Å²) in [6.07, 6.45) is -4.85. The number of ketones is 1. The standard InChI is InChI=1S/C20H21F3N2O3S/c1-13-2-6-18(29-13)17(26)5-7-19(27)24-16-4-3-14(12-15(16)20(21,22)23)25-8-10-28-11-9-25/h2-4,6,12H,5,7-11H2,1H3,(H,24,27). The van der Waals surface area contributed by atoms with Crippen molar-refractivity contribution in [2.75, 3.05) is 36.5 Å². The lowest BCUT2D eigenvalue weighted by Gasteiger charge is -2.29. The van der Waals surface area contributed by atoms with E-state index in [0.29, 0.717) is 36.9 Å². The van der Waals surface area contributed by atoms with E-state index >= 15 is 0 Å². The lowest BCUT2D eigenvalue weighted by atomic mass is 10.1. The predicted molar refractivity (Wildman–Crippen MR) is 106 cm³/mol. The Hall–Kier alpha value is -2.39. The number of hydrogen-bond acceptors (Lipinski definition) is 5. The molecule has 0 radical (unpaired) electrons. The fourth-order valence-electron chi connectivity index (χ4n) is 3.04. The molecular weight excluding hydrogens is 405 g/mol. The molecule has 3 rings (SSSR count). The molecule has 0 atom stereocenters. The molecule has 1 amide bonds. The monoisotopic (exact) mass is 426 g/mol. The summed E-state index contributed by atoms with van der Waals surface area (Å²) >= 11 is 1.33. The van der Waals surface area contributed by atoms with Gasteiger partial charge in [0.1, 0.15) is 0 Å². The highest BCUT2D eigenvalue weighted by Crippen LogP contribution is 2.37. The van der Waals surface area contributed by atoms with Crippen molar-refractivity contribution in [1.82, 2.24) is 0 Å². The van der Waals surface area contributed by atoms with Crippen molar-refractivity contribution in [3.05, 3.63) is 45.6 Å². The van der Waals surface area contributed by atoms with Crippen LogP contribution < -0.4 is 10.2 Å². The molecule has 2 heterocycles. The average Bonchev–Trinajstić information content (AvgIpc) is 3.13. The minimum absolute atomic E-state index is 0.0565. The van der Waals surface area contributed by atoms with Crippen LogP contribution in [0.4, 0.5) is 24.5 Å². The SMILES string of the molecule is Cc1ccc(C(=O)CCC(=O)Nc2ccc(N3CCOCC3)cc2C(F)(F)F)s1. The van der Waals surface area contributed by atoms with E-state index in [1.807, 2.05) is 17.9 Å². The molecule has 1 aromatic carbocycles. The summed E-state index contributed by atoms with van der Waals surface area (Å²) < 4.78 is 45.8. The highest BCUT2D eigenvalue weighted by Gasteiger charge is 2.35. The number of alkyl halides is 3. The number of thiophene rings is 1. The Kier molecular flexibility index (Phi) is 6.59. The van der Waals surface area contributed by atoms with Gasteiger partial charge in [-0.2, -0.15) is 13.2 Å². The zero-order valence-electron chi connectivity index (χ0n) is 15.8. The van der Waals surface area contributed by atoms with Crippen LogP contribution in [-0.4, -0.2) is 38.0 Å². The maximum atomic E-state index is 13.5. The van der Waals surface area contributed by atoms with Gasteiger partial charge in [0.15, 0.2) is 5.78 Å². The van der Waals surface area contributed by atoms with E-state index in [9.17, 15) is 22.8 Å². The van der Waals surface area contributed by atoms with Gasteiger partial charge in [0, 0.05) is 36.5 Å². The summed E-state index contributed by atoms with van der Waals surface area (Å²) in [6, 6.07) is 7.35. The maximum absolute atomic E-state index is 13.5. The zero-order valence-corrected chi connectivity index (χ0v) is 16.7. The zero-order chi connectivity index (χ0) is 21.0. The second-order valence-electron chi connectivity index (χ2n) is 6.71. The third-order valence-electron chi connectivity index (χ3n) is 4.55. The number of carbonyl (C=O) groups excluding carboxylic acids is 2. The Bertz CT molecular complexity index is 889. The second-order valence-corrected chi connectivity index (χ2v) is 8.00. The predicted octanol–water partition coefficient (Wildman–Crippen LogP) is 4.51. The quantitative estimate of drug-likeness (QED) is 0.691. The number of ether oxygens (including phenoxy) is 1. The third-order valence-corrected chi connectivity index (χ3v) is 5.59. The van der Waals surface area contributed by atoms with Crippen LogP contribution in [-0.2, 0) is 15.7 Å². The molecule has 0 unspecified atom stereocenters. The van der Waals surface area contributed by atoms with Crippen LogP contribution >= 0.6 is 11.3 Å². The number of morpholine rings is 1. The van der Waals surface area contributed by atoms with Gasteiger partial charge in [0.2, 0.25) is 5.91 Å². The molecule has 5 nitrogen and oxygen atoms in total. The van der Waals surface area contributed by atoms with Crippen molar-refractivity contribution in [2.45, 2.75) is 25.9 Å². The first-order valence-electron chi connectivity index (χ1n) is 9.17. The second kappa shape index (κ2) is 8.96. The van der Waals surface area contributed by atoms with Gasteiger partial charge in [-0.15, -0.1) is 11.3 Å². The van der Waals surface area contributed by atoms with Crippen molar-refractivity contribution in [2.24, 2.45) is 0 Å². The minimum Gasteiger partial charge on any atom is -0.378 e. The number of carbonyl (C=O) groups is 2. The van der Waals surface area contributed by atoms with Gasteiger partial charge in [0.05, 0.1) is 29.3 Å². The van der Waals surface area contributed by atoms with E-state index in [2.05, 4.69) is 5.32 Å². The molecule has 156 valence electrons. The molecule has 0 saturated carbocycles. The van der Waals surface area contributed by atoms with Gasteiger partial charge in [-0.05, 0) is 37.3 Å². The maximum Gasteiger partial charge on any atom is 0.418 e. The first kappa shape index (κ1) is 21.3. The molecule has 9 heteroatoms. The summed E-state index contributed by atoms with van der Waals surface area (Å²) in [7, 11) is 0. The summed E-state index contributed by atoms with van der Waals surface area (Å²) in [5.74, 6) is -0.826. The molecular formula is C20H21F3N2O3S. The van der Waals surface area contributed by atoms with E-state index in [0.717, 1.165) is 10.9 Å². The molecule has 1 N–H and O–H groups in total. The van der Waals surface area contributed by atoms with E-state index in [-0.39, 0.29) is 24.3 Å². The van der Waals surface area contributed by atoms with Crippen molar-refractivity contribution in [1.29, 1.82) is 0 Å². The number of halogens is 3. The van der Waals surface area contributed by atoms with Crippen LogP contribution in [0.1, 0.15) is 33.0 Å². The highest BCUT2D eigenvalue weighted by atomic mass is 32.1. The Balaban J connectivity index is 1.68. The minimum atomic E-state index is -4.62. The smallest absolute Gasteiger partial charge is 0.378 e. The van der Waals surface area contributed by atoms with Crippen LogP contribution in [0.15, 0.2) is 30.3 Å². The Morgan fingerprint density at radius 1 is 1.14 bits per heavy atom. The molecule has 1 fully saturated rings. The summed E-state index contributed by atoms with van der Waals surface area (Å²) in [6.45, 7) is 3.79. The lowest BCUT2D eigenvalue weighted by Crippen LogP contribution is -2.36. The fourth-order valence-corrected chi connectivity index (χ4v) is 3.88. The van der Waals surface area contributed by atoms with Gasteiger partial charge in [0.25, 0.3) is 0 Å². The molecule has 1 aliphatic rings. The lowest BCUT2D eigenvalue weighted by molar-refractivity contribution is -0.136. The average molecular weight is 426 g/mol. The summed E-state index contributed by atoms with van der Waals surface area (Å²) in [4.78, 5) is 27.6. The topological polar surface area (TPSA) is 58.6 Å². The number of amides is 1. The molecule has 1 aliphatic heterocycles. The van der Waals surface area contributed by atoms with Gasteiger partial charge >= 0.3 is 6.18 Å². The van der Waals surface area contributed by atoms with E-state index in [4.69, 9.17) is 4.74 Å². The first-order chi connectivity index (χ1) is 13.7. The van der Waals surface area contributed by atoms with E-state index in [1.165, 1.54) is 17.4 Å². The van der Waals surface area contributed by atoms with Crippen molar-refractivity contribution in [3.8, 4) is 0 Å². The van der Waals surface area contributed by atoms with Gasteiger partial charge < -0.3 is 15.0 Å². The molecule has 29 heavy (non-hydrogen) atoms. The number of Topliss-reactive ketones (excluding diaryl/α,β-unsaturated/α-hetero) is 1. The highest BCUT2D eigenvalue weighted by molar-refractivity contribution is 7.14. The molecule has 1 saturated heterocycles. The number of rotatable bonds is 6. The largest absolute Gasteiger partial charge is 0.418 e. The van der Waals surface area contributed by atoms with Gasteiger partial charge in [-0.3, -0.25) is 9.59 Å². The van der Waals surface area contributed by atoms with Crippen molar-refractivity contribution >= 4 is 34.4 Å². The fraction of sp³-hybridized carbons (Fsp3) is 0.400. The van der Waals surface area contributed by atoms with Crippen LogP contribution in [0.3, 0.4) is 0 Å². The molecule has 2 aromatic rings. The Morgan fingerprint density at radius 3 is 2.48 bits per heavy atom. The van der Waals surface area contributed by atoms with Gasteiger partial charge in [-0.25, -0.2) is 0 Å². The van der Waals surface area contributed by atoms with Crippen LogP contribution in [0, 0.1) is 6.92 Å². The van der Waals surface area contributed by atoms with Crippen molar-refractivity contribution < 1.29 is 27.5 Å². The first-order valence-corrected chi connectivity index (χ1v) is 9.99. The number of nitrogens with one attached hydrogen (secondary N) is 1. The molecule has 0 bridgehead atoms. The third kappa shape index (κ3) is 5.57. The number of benzene rings is 1. The molecule has 0 aliphatic carbocycles. The van der Waals surface area contributed by atoms with Crippen LogP contribution in [0.5, 0.6) is 0 Å². The van der Waals surface area contributed by atoms with Gasteiger partial charge in [-0.1, -0.05) is 0 Å². The normalized spacial score (nSPS) is 14.7. The molecule has 0 spiro atoms. The summed E-state index contributed by atoms with van der Waals surface area (Å²) in [5, 5.41) is 2.31. The van der Waals surface area contributed by atoms with E-state index in [1.54, 1.807) is 12.1 Å². The van der Waals surface area contributed by atoms with Crippen LogP contribution in [0.25, 0.3) is 0 Å². The Labute approximate surface area is 170 Å². The molecule has 1 aromatic heterocycles. The number of anilines is 2. The number of nitrogens with zero attached hydrogens (tertiary/aromatic N) is 1. The number of hydrogen-bond donors (Lipinski definition) is 1. The van der Waals surface area contributed by atoms with Crippen molar-refractivity contribution in [3.63, 3.8) is 0 Å².